The fraction of sp³-hybridized carbons (Fsp3) is 0.917. The molecule has 1 aliphatic heterocycles. The van der Waals surface area contributed by atoms with Gasteiger partial charge in [-0.1, -0.05) is 20.3 Å². The molecule has 0 aromatic heterocycles. The first-order valence-corrected chi connectivity index (χ1v) is 6.19. The number of likely N-dealkylation sites (tertiary alicyclic amines) is 1. The molecule has 0 aliphatic carbocycles. The molecule has 0 saturated carbocycles. The van der Waals surface area contributed by atoms with Gasteiger partial charge in [-0.3, -0.25) is 4.79 Å². The van der Waals surface area contributed by atoms with E-state index >= 15 is 0 Å². The Hall–Kier alpha value is -0.610. The summed E-state index contributed by atoms with van der Waals surface area (Å²) in [4.78, 5) is 14.0. The van der Waals surface area contributed by atoms with Crippen LogP contribution in [0.3, 0.4) is 0 Å². The van der Waals surface area contributed by atoms with E-state index in [-0.39, 0.29) is 18.0 Å². The maximum Gasteiger partial charge on any atom is 0.323 e. The van der Waals surface area contributed by atoms with E-state index in [0.29, 0.717) is 0 Å². The summed E-state index contributed by atoms with van der Waals surface area (Å²) in [6.45, 7) is 6.01. The summed E-state index contributed by atoms with van der Waals surface area (Å²) in [5.41, 5.74) is 5.83. The number of nitrogens with zero attached hydrogens (tertiary/aromatic N) is 1. The van der Waals surface area contributed by atoms with Gasteiger partial charge >= 0.3 is 5.97 Å². The number of ether oxygens (including phenoxy) is 1. The average Bonchev–Trinajstić information content (AvgIpc) is 2.30. The molecule has 0 aromatic rings. The van der Waals surface area contributed by atoms with Gasteiger partial charge in [0, 0.05) is 13.1 Å². The quantitative estimate of drug-likeness (QED) is 0.729. The highest BCUT2D eigenvalue weighted by Crippen LogP contribution is 2.14. The van der Waals surface area contributed by atoms with Gasteiger partial charge in [-0.05, 0) is 25.8 Å². The van der Waals surface area contributed by atoms with E-state index in [1.54, 1.807) is 0 Å². The summed E-state index contributed by atoms with van der Waals surface area (Å²) in [5.74, 6) is -0.0392. The SMILES string of the molecule is CCC(C)[C@H](N)C(=O)OC1CCN(C)CC1. The molecular formula is C12H24N2O2. The highest BCUT2D eigenvalue weighted by molar-refractivity contribution is 5.76. The zero-order chi connectivity index (χ0) is 12.1. The summed E-state index contributed by atoms with van der Waals surface area (Å²) in [6, 6.07) is -0.468. The average molecular weight is 228 g/mol. The normalized spacial score (nSPS) is 22.8. The molecule has 1 saturated heterocycles. The lowest BCUT2D eigenvalue weighted by Gasteiger charge is -2.29. The van der Waals surface area contributed by atoms with Crippen molar-refractivity contribution in [3.8, 4) is 0 Å². The molecule has 16 heavy (non-hydrogen) atoms. The van der Waals surface area contributed by atoms with Crippen molar-refractivity contribution in [1.82, 2.24) is 4.90 Å². The van der Waals surface area contributed by atoms with E-state index in [9.17, 15) is 4.79 Å². The predicted molar refractivity (Wildman–Crippen MR) is 64.0 cm³/mol. The molecule has 2 atom stereocenters. The van der Waals surface area contributed by atoms with Crippen LogP contribution in [0.4, 0.5) is 0 Å². The first-order valence-electron chi connectivity index (χ1n) is 6.19. The van der Waals surface area contributed by atoms with Crippen LogP contribution < -0.4 is 5.73 Å². The second kappa shape index (κ2) is 6.21. The van der Waals surface area contributed by atoms with Crippen molar-refractivity contribution < 1.29 is 9.53 Å². The molecule has 0 radical (unpaired) electrons. The molecule has 1 rings (SSSR count). The van der Waals surface area contributed by atoms with Gasteiger partial charge in [-0.25, -0.2) is 0 Å². The first-order chi connectivity index (χ1) is 7.54. The number of esters is 1. The molecular weight excluding hydrogens is 204 g/mol. The smallest absolute Gasteiger partial charge is 0.323 e. The maximum atomic E-state index is 11.7. The fourth-order valence-electron chi connectivity index (χ4n) is 1.83. The van der Waals surface area contributed by atoms with Gasteiger partial charge in [0.25, 0.3) is 0 Å². The minimum absolute atomic E-state index is 0.0683. The third kappa shape index (κ3) is 3.76. The second-order valence-electron chi connectivity index (χ2n) is 4.85. The molecule has 94 valence electrons. The third-order valence-electron chi connectivity index (χ3n) is 3.48. The molecule has 4 heteroatoms. The Labute approximate surface area is 98.1 Å². The van der Waals surface area contributed by atoms with E-state index in [0.717, 1.165) is 32.4 Å². The van der Waals surface area contributed by atoms with E-state index < -0.39 is 6.04 Å². The van der Waals surface area contributed by atoms with Gasteiger partial charge in [0.1, 0.15) is 12.1 Å². The molecule has 1 fully saturated rings. The van der Waals surface area contributed by atoms with Crippen LogP contribution in [0.5, 0.6) is 0 Å². The van der Waals surface area contributed by atoms with E-state index in [2.05, 4.69) is 11.9 Å². The van der Waals surface area contributed by atoms with Gasteiger partial charge in [-0.15, -0.1) is 0 Å². The van der Waals surface area contributed by atoms with Crippen LogP contribution in [-0.2, 0) is 9.53 Å². The monoisotopic (exact) mass is 228 g/mol. The minimum Gasteiger partial charge on any atom is -0.461 e. The lowest BCUT2D eigenvalue weighted by molar-refractivity contribution is -0.154. The lowest BCUT2D eigenvalue weighted by atomic mass is 10.00. The topological polar surface area (TPSA) is 55.6 Å². The van der Waals surface area contributed by atoms with Crippen LogP contribution in [0.2, 0.25) is 0 Å². The maximum absolute atomic E-state index is 11.7. The standard InChI is InChI=1S/C12H24N2O2/c1-4-9(2)11(13)12(15)16-10-5-7-14(3)8-6-10/h9-11H,4-8,13H2,1-3H3/t9?,11-/m0/s1. The Balaban J connectivity index is 2.33. The largest absolute Gasteiger partial charge is 0.461 e. The highest BCUT2D eigenvalue weighted by Gasteiger charge is 2.26. The lowest BCUT2D eigenvalue weighted by Crippen LogP contribution is -2.42. The van der Waals surface area contributed by atoms with Crippen LogP contribution in [0.25, 0.3) is 0 Å². The number of carbonyl (C=O) groups excluding carboxylic acids is 1. The van der Waals surface area contributed by atoms with Crippen LogP contribution in [0.1, 0.15) is 33.1 Å². The Kier molecular flexibility index (Phi) is 5.22. The molecule has 0 aromatic carbocycles. The van der Waals surface area contributed by atoms with Crippen molar-refractivity contribution in [2.24, 2.45) is 11.7 Å². The zero-order valence-electron chi connectivity index (χ0n) is 10.6. The zero-order valence-corrected chi connectivity index (χ0v) is 10.6. The van der Waals surface area contributed by atoms with Gasteiger partial charge in [0.05, 0.1) is 0 Å². The second-order valence-corrected chi connectivity index (χ2v) is 4.85. The number of hydrogen-bond donors (Lipinski definition) is 1. The number of nitrogens with two attached hydrogens (primary N) is 1. The Morgan fingerprint density at radius 1 is 1.50 bits per heavy atom. The summed E-state index contributed by atoms with van der Waals surface area (Å²) in [6.07, 6.45) is 2.83. The molecule has 1 aliphatic rings. The minimum atomic E-state index is -0.468. The number of rotatable bonds is 4. The summed E-state index contributed by atoms with van der Waals surface area (Å²) in [5, 5.41) is 0. The van der Waals surface area contributed by atoms with Crippen LogP contribution in [0.15, 0.2) is 0 Å². The number of carbonyl (C=O) groups is 1. The molecule has 4 nitrogen and oxygen atoms in total. The molecule has 1 heterocycles. The summed E-state index contributed by atoms with van der Waals surface area (Å²) in [7, 11) is 2.09. The third-order valence-corrected chi connectivity index (χ3v) is 3.48. The van der Waals surface area contributed by atoms with Crippen molar-refractivity contribution in [1.29, 1.82) is 0 Å². The van der Waals surface area contributed by atoms with Crippen LogP contribution >= 0.6 is 0 Å². The van der Waals surface area contributed by atoms with Gasteiger partial charge in [-0.2, -0.15) is 0 Å². The number of piperidine rings is 1. The Morgan fingerprint density at radius 3 is 2.56 bits per heavy atom. The fourth-order valence-corrected chi connectivity index (χ4v) is 1.83. The van der Waals surface area contributed by atoms with Gasteiger partial charge < -0.3 is 15.4 Å². The predicted octanol–water partition coefficient (Wildman–Crippen LogP) is 0.997. The van der Waals surface area contributed by atoms with E-state index in [4.69, 9.17) is 10.5 Å². The van der Waals surface area contributed by atoms with Crippen molar-refractivity contribution in [2.45, 2.75) is 45.3 Å². The Morgan fingerprint density at radius 2 is 2.06 bits per heavy atom. The van der Waals surface area contributed by atoms with Crippen LogP contribution in [0, 0.1) is 5.92 Å². The number of hydrogen-bond acceptors (Lipinski definition) is 4. The van der Waals surface area contributed by atoms with Gasteiger partial charge in [0.15, 0.2) is 0 Å². The summed E-state index contributed by atoms with van der Waals surface area (Å²) < 4.78 is 5.43. The summed E-state index contributed by atoms with van der Waals surface area (Å²) >= 11 is 0. The molecule has 0 bridgehead atoms. The molecule has 0 spiro atoms. The molecule has 1 unspecified atom stereocenters. The van der Waals surface area contributed by atoms with Crippen molar-refractivity contribution in [3.63, 3.8) is 0 Å². The highest BCUT2D eigenvalue weighted by atomic mass is 16.5. The molecule has 0 amide bonds. The van der Waals surface area contributed by atoms with Crippen molar-refractivity contribution in [3.05, 3.63) is 0 Å². The first kappa shape index (κ1) is 13.5. The van der Waals surface area contributed by atoms with Gasteiger partial charge in [0.2, 0.25) is 0 Å². The van der Waals surface area contributed by atoms with Crippen molar-refractivity contribution in [2.75, 3.05) is 20.1 Å². The van der Waals surface area contributed by atoms with Crippen molar-refractivity contribution >= 4 is 5.97 Å². The van der Waals surface area contributed by atoms with E-state index in [1.165, 1.54) is 0 Å². The van der Waals surface area contributed by atoms with Crippen LogP contribution in [-0.4, -0.2) is 43.2 Å². The molecule has 2 N–H and O–H groups in total. The Bertz CT molecular complexity index is 225. The van der Waals surface area contributed by atoms with E-state index in [1.807, 2.05) is 13.8 Å².